The van der Waals surface area contributed by atoms with Crippen molar-refractivity contribution < 1.29 is 4.79 Å². The van der Waals surface area contributed by atoms with Crippen molar-refractivity contribution in [3.05, 3.63) is 59.4 Å². The third-order valence-electron chi connectivity index (χ3n) is 4.36. The molecule has 1 aromatic heterocycles. The zero-order chi connectivity index (χ0) is 12.3. The Balaban J connectivity index is 2.06. The first-order valence-corrected chi connectivity index (χ1v) is 6.30. The van der Waals surface area contributed by atoms with E-state index in [1.165, 1.54) is 5.69 Å². The molecule has 0 spiro atoms. The van der Waals surface area contributed by atoms with Gasteiger partial charge in [0.2, 0.25) is 0 Å². The molecule has 0 bridgehead atoms. The number of nitrogens with zero attached hydrogens (tertiary/aromatic N) is 2. The van der Waals surface area contributed by atoms with Crippen molar-refractivity contribution in [1.29, 1.82) is 0 Å². The number of aromatic nitrogens is 1. The van der Waals surface area contributed by atoms with Crippen LogP contribution in [0, 0.1) is 0 Å². The maximum atomic E-state index is 12.5. The molecular formula is C15H14N2O. The molecule has 1 aromatic carbocycles. The number of fused-ring (bicyclic) bond motifs is 5. The standard InChI is InChI=1S/C15H14N2O/c1-15-12-6-3-2-5-11(12)14(18)17(15)10-9-16-8-4-7-13(15)16/h2-8H,9-10H2,1H3. The summed E-state index contributed by atoms with van der Waals surface area (Å²) in [5.74, 6) is 0.167. The van der Waals surface area contributed by atoms with Crippen LogP contribution in [0.25, 0.3) is 0 Å². The molecule has 0 saturated heterocycles. The molecule has 3 heteroatoms. The Labute approximate surface area is 106 Å². The monoisotopic (exact) mass is 238 g/mol. The van der Waals surface area contributed by atoms with E-state index in [4.69, 9.17) is 0 Å². The second-order valence-corrected chi connectivity index (χ2v) is 5.16. The predicted octanol–water partition coefficient (Wildman–Crippen LogP) is 2.22. The van der Waals surface area contributed by atoms with Crippen LogP contribution in [0.4, 0.5) is 0 Å². The van der Waals surface area contributed by atoms with E-state index in [0.29, 0.717) is 0 Å². The van der Waals surface area contributed by atoms with Gasteiger partial charge in [-0.15, -0.1) is 0 Å². The summed E-state index contributed by atoms with van der Waals surface area (Å²) < 4.78 is 2.26. The molecule has 1 unspecified atom stereocenters. The molecule has 2 aliphatic heterocycles. The number of benzene rings is 1. The van der Waals surface area contributed by atoms with Crippen LogP contribution in [0.15, 0.2) is 42.6 Å². The molecule has 3 nitrogen and oxygen atoms in total. The quantitative estimate of drug-likeness (QED) is 0.691. The lowest BCUT2D eigenvalue weighted by Crippen LogP contribution is -2.48. The Morgan fingerprint density at radius 1 is 1.11 bits per heavy atom. The van der Waals surface area contributed by atoms with E-state index in [1.807, 2.05) is 23.1 Å². The number of hydrogen-bond acceptors (Lipinski definition) is 1. The summed E-state index contributed by atoms with van der Waals surface area (Å²) in [4.78, 5) is 14.5. The molecular weight excluding hydrogens is 224 g/mol. The molecule has 0 saturated carbocycles. The van der Waals surface area contributed by atoms with Gasteiger partial charge in [0.1, 0.15) is 5.54 Å². The highest BCUT2D eigenvalue weighted by molar-refractivity contribution is 6.00. The minimum atomic E-state index is -0.296. The molecule has 1 amide bonds. The third kappa shape index (κ3) is 0.941. The lowest BCUT2D eigenvalue weighted by atomic mass is 9.87. The van der Waals surface area contributed by atoms with E-state index < -0.39 is 0 Å². The Kier molecular flexibility index (Phi) is 1.68. The van der Waals surface area contributed by atoms with Crippen LogP contribution in [0.2, 0.25) is 0 Å². The van der Waals surface area contributed by atoms with Crippen LogP contribution in [0.1, 0.15) is 28.5 Å². The summed E-state index contributed by atoms with van der Waals surface area (Å²) in [6, 6.07) is 12.2. The Morgan fingerprint density at radius 2 is 1.94 bits per heavy atom. The minimum absolute atomic E-state index is 0.167. The van der Waals surface area contributed by atoms with Crippen molar-refractivity contribution >= 4 is 5.91 Å². The summed E-state index contributed by atoms with van der Waals surface area (Å²) in [6.07, 6.45) is 2.10. The molecule has 1 atom stereocenters. The summed E-state index contributed by atoms with van der Waals surface area (Å²) >= 11 is 0. The van der Waals surface area contributed by atoms with Crippen LogP contribution < -0.4 is 0 Å². The van der Waals surface area contributed by atoms with E-state index in [0.717, 1.165) is 24.2 Å². The van der Waals surface area contributed by atoms with Crippen LogP contribution in [-0.2, 0) is 12.1 Å². The molecule has 0 aliphatic carbocycles. The van der Waals surface area contributed by atoms with Gasteiger partial charge in [0.25, 0.3) is 5.91 Å². The molecule has 2 aromatic rings. The van der Waals surface area contributed by atoms with Crippen molar-refractivity contribution in [1.82, 2.24) is 9.47 Å². The number of rotatable bonds is 0. The molecule has 0 N–H and O–H groups in total. The maximum absolute atomic E-state index is 12.5. The lowest BCUT2D eigenvalue weighted by Gasteiger charge is -2.41. The van der Waals surface area contributed by atoms with Crippen LogP contribution >= 0.6 is 0 Å². The second kappa shape index (κ2) is 3.05. The van der Waals surface area contributed by atoms with Gasteiger partial charge in [0.05, 0.1) is 0 Å². The first-order chi connectivity index (χ1) is 8.73. The maximum Gasteiger partial charge on any atom is 0.255 e. The van der Waals surface area contributed by atoms with E-state index in [2.05, 4.69) is 35.9 Å². The fourth-order valence-corrected chi connectivity index (χ4v) is 3.45. The van der Waals surface area contributed by atoms with Gasteiger partial charge in [-0.1, -0.05) is 18.2 Å². The Bertz CT molecular complexity index is 658. The van der Waals surface area contributed by atoms with Crippen molar-refractivity contribution in [3.63, 3.8) is 0 Å². The van der Waals surface area contributed by atoms with Crippen molar-refractivity contribution in [2.75, 3.05) is 6.54 Å². The van der Waals surface area contributed by atoms with E-state index in [-0.39, 0.29) is 11.4 Å². The van der Waals surface area contributed by atoms with Gasteiger partial charge in [-0.05, 0) is 30.7 Å². The summed E-state index contributed by atoms with van der Waals surface area (Å²) in [7, 11) is 0. The number of hydrogen-bond donors (Lipinski definition) is 0. The topological polar surface area (TPSA) is 25.2 Å². The summed E-state index contributed by atoms with van der Waals surface area (Å²) in [5, 5.41) is 0. The van der Waals surface area contributed by atoms with Crippen LogP contribution in [-0.4, -0.2) is 21.9 Å². The smallest absolute Gasteiger partial charge is 0.255 e. The fraction of sp³-hybridized carbons (Fsp3) is 0.267. The highest BCUT2D eigenvalue weighted by Crippen LogP contribution is 2.45. The van der Waals surface area contributed by atoms with Gasteiger partial charge in [-0.25, -0.2) is 0 Å². The second-order valence-electron chi connectivity index (χ2n) is 5.16. The van der Waals surface area contributed by atoms with Gasteiger partial charge in [0, 0.05) is 30.5 Å². The third-order valence-corrected chi connectivity index (χ3v) is 4.36. The van der Waals surface area contributed by atoms with E-state index in [9.17, 15) is 4.79 Å². The number of carbonyl (C=O) groups is 1. The van der Waals surface area contributed by atoms with Crippen molar-refractivity contribution in [3.8, 4) is 0 Å². The van der Waals surface area contributed by atoms with Gasteiger partial charge >= 0.3 is 0 Å². The van der Waals surface area contributed by atoms with Crippen molar-refractivity contribution in [2.45, 2.75) is 19.0 Å². The summed E-state index contributed by atoms with van der Waals surface area (Å²) in [5.41, 5.74) is 2.91. The first kappa shape index (κ1) is 9.95. The van der Waals surface area contributed by atoms with Crippen molar-refractivity contribution in [2.24, 2.45) is 0 Å². The Morgan fingerprint density at radius 3 is 2.83 bits per heavy atom. The molecule has 90 valence electrons. The largest absolute Gasteiger partial charge is 0.347 e. The summed E-state index contributed by atoms with van der Waals surface area (Å²) in [6.45, 7) is 3.82. The predicted molar refractivity (Wildman–Crippen MR) is 68.4 cm³/mol. The van der Waals surface area contributed by atoms with E-state index >= 15 is 0 Å². The van der Waals surface area contributed by atoms with Gasteiger partial charge in [-0.2, -0.15) is 0 Å². The normalized spacial score (nSPS) is 24.7. The lowest BCUT2D eigenvalue weighted by molar-refractivity contribution is 0.0581. The fourth-order valence-electron chi connectivity index (χ4n) is 3.45. The van der Waals surface area contributed by atoms with Gasteiger partial charge < -0.3 is 9.47 Å². The molecule has 18 heavy (non-hydrogen) atoms. The molecule has 0 fully saturated rings. The zero-order valence-electron chi connectivity index (χ0n) is 10.3. The highest BCUT2D eigenvalue weighted by atomic mass is 16.2. The van der Waals surface area contributed by atoms with Gasteiger partial charge in [0.15, 0.2) is 0 Å². The number of amides is 1. The van der Waals surface area contributed by atoms with Crippen LogP contribution in [0.5, 0.6) is 0 Å². The van der Waals surface area contributed by atoms with E-state index in [1.54, 1.807) is 0 Å². The number of carbonyl (C=O) groups excluding carboxylic acids is 1. The molecule has 3 heterocycles. The Hall–Kier alpha value is -2.03. The van der Waals surface area contributed by atoms with Gasteiger partial charge in [-0.3, -0.25) is 4.79 Å². The SMILES string of the molecule is CC12c3ccccc3C(=O)N1CCn1cccc12. The molecule has 4 rings (SSSR count). The highest BCUT2D eigenvalue weighted by Gasteiger charge is 2.50. The van der Waals surface area contributed by atoms with Crippen LogP contribution in [0.3, 0.4) is 0 Å². The average molecular weight is 238 g/mol. The minimum Gasteiger partial charge on any atom is -0.347 e. The zero-order valence-corrected chi connectivity index (χ0v) is 10.3. The average Bonchev–Trinajstić information content (AvgIpc) is 2.94. The first-order valence-electron chi connectivity index (χ1n) is 6.30. The molecule has 0 radical (unpaired) electrons. The molecule has 2 aliphatic rings.